The maximum atomic E-state index is 12.6. The second-order valence-corrected chi connectivity index (χ2v) is 6.21. The van der Waals surface area contributed by atoms with Crippen molar-refractivity contribution < 1.29 is 9.66 Å². The Morgan fingerprint density at radius 3 is 2.61 bits per heavy atom. The number of nitro benzene ring substituents is 1. The number of azo groups is 1. The molecule has 0 amide bonds. The first-order valence-electron chi connectivity index (χ1n) is 8.73. The highest BCUT2D eigenvalue weighted by atomic mass is 16.6. The van der Waals surface area contributed by atoms with Gasteiger partial charge in [0.15, 0.2) is 5.69 Å². The van der Waals surface area contributed by atoms with Crippen LogP contribution in [0.2, 0.25) is 0 Å². The van der Waals surface area contributed by atoms with Gasteiger partial charge in [0.25, 0.3) is 11.2 Å². The lowest BCUT2D eigenvalue weighted by Gasteiger charge is -2.15. The molecule has 9 nitrogen and oxygen atoms in total. The van der Waals surface area contributed by atoms with Crippen LogP contribution in [-0.4, -0.2) is 16.6 Å². The quantitative estimate of drug-likeness (QED) is 0.396. The molecule has 1 heterocycles. The van der Waals surface area contributed by atoms with Crippen molar-refractivity contribution in [1.29, 1.82) is 5.26 Å². The van der Waals surface area contributed by atoms with Gasteiger partial charge >= 0.3 is 0 Å². The molecule has 2 aromatic rings. The van der Waals surface area contributed by atoms with E-state index in [2.05, 4.69) is 10.2 Å². The molecule has 1 aromatic carbocycles. The van der Waals surface area contributed by atoms with Crippen LogP contribution in [0.25, 0.3) is 0 Å². The van der Waals surface area contributed by atoms with Crippen LogP contribution in [0, 0.1) is 35.3 Å². The van der Waals surface area contributed by atoms with E-state index in [0.29, 0.717) is 23.4 Å². The Labute approximate surface area is 162 Å². The highest BCUT2D eigenvalue weighted by Gasteiger charge is 2.20. The van der Waals surface area contributed by atoms with Crippen LogP contribution < -0.4 is 10.3 Å². The number of hydrogen-bond acceptors (Lipinski definition) is 7. The smallest absolute Gasteiger partial charge is 0.271 e. The summed E-state index contributed by atoms with van der Waals surface area (Å²) < 4.78 is 6.79. The summed E-state index contributed by atoms with van der Waals surface area (Å²) in [5.41, 5.74) is 1.06. The Morgan fingerprint density at radius 1 is 1.32 bits per heavy atom. The number of methoxy groups -OCH3 is 1. The zero-order valence-corrected chi connectivity index (χ0v) is 16.2. The molecule has 0 saturated carbocycles. The first-order valence-corrected chi connectivity index (χ1v) is 8.73. The van der Waals surface area contributed by atoms with Crippen molar-refractivity contribution in [1.82, 2.24) is 4.57 Å². The monoisotopic (exact) mass is 383 g/mol. The van der Waals surface area contributed by atoms with Crippen molar-refractivity contribution in [3.63, 3.8) is 0 Å². The normalized spacial score (nSPS) is 10.8. The van der Waals surface area contributed by atoms with Crippen molar-refractivity contribution in [3.8, 4) is 11.9 Å². The number of aryl methyl sites for hydroxylation is 1. The zero-order valence-electron chi connectivity index (χ0n) is 16.2. The van der Waals surface area contributed by atoms with Crippen LogP contribution in [0.15, 0.2) is 33.2 Å². The third-order valence-corrected chi connectivity index (χ3v) is 4.34. The van der Waals surface area contributed by atoms with Gasteiger partial charge in [-0.2, -0.15) is 5.26 Å². The van der Waals surface area contributed by atoms with Gasteiger partial charge in [-0.15, -0.1) is 10.2 Å². The summed E-state index contributed by atoms with van der Waals surface area (Å²) in [6.45, 7) is 5.72. The number of benzene rings is 1. The van der Waals surface area contributed by atoms with E-state index in [4.69, 9.17) is 4.74 Å². The van der Waals surface area contributed by atoms with E-state index < -0.39 is 10.5 Å². The van der Waals surface area contributed by atoms with Crippen LogP contribution in [0.1, 0.15) is 36.5 Å². The first-order chi connectivity index (χ1) is 13.3. The largest absolute Gasteiger partial charge is 0.481 e. The van der Waals surface area contributed by atoms with Crippen molar-refractivity contribution in [2.45, 2.75) is 40.2 Å². The Bertz CT molecular complexity index is 1030. The fourth-order valence-electron chi connectivity index (χ4n) is 2.69. The fraction of sp³-hybridized carbons (Fsp3) is 0.368. The molecule has 0 aliphatic carbocycles. The van der Waals surface area contributed by atoms with Gasteiger partial charge in [0, 0.05) is 24.2 Å². The van der Waals surface area contributed by atoms with E-state index in [1.54, 1.807) is 19.9 Å². The lowest BCUT2D eigenvalue weighted by atomic mass is 10.1. The zero-order chi connectivity index (χ0) is 20.8. The predicted octanol–water partition coefficient (Wildman–Crippen LogP) is 4.47. The van der Waals surface area contributed by atoms with Crippen LogP contribution in [0.5, 0.6) is 5.88 Å². The van der Waals surface area contributed by atoms with Gasteiger partial charge in [-0.25, -0.2) is 0 Å². The molecule has 0 saturated heterocycles. The Balaban J connectivity index is 2.67. The third-order valence-electron chi connectivity index (χ3n) is 4.34. The third kappa shape index (κ3) is 4.06. The summed E-state index contributed by atoms with van der Waals surface area (Å²) in [7, 11) is 1.42. The van der Waals surface area contributed by atoms with Crippen molar-refractivity contribution >= 4 is 17.1 Å². The number of nitriles is 1. The summed E-state index contributed by atoms with van der Waals surface area (Å²) in [6, 6.07) is 6.21. The van der Waals surface area contributed by atoms with E-state index >= 15 is 0 Å². The second-order valence-electron chi connectivity index (χ2n) is 6.21. The summed E-state index contributed by atoms with van der Waals surface area (Å²) in [5, 5.41) is 28.7. The molecule has 28 heavy (non-hydrogen) atoms. The number of non-ortho nitro benzene ring substituents is 1. The number of aromatic nitrogens is 1. The second kappa shape index (κ2) is 8.90. The van der Waals surface area contributed by atoms with Crippen LogP contribution in [-0.2, 0) is 6.54 Å². The number of ether oxygens (including phenoxy) is 1. The topological polar surface area (TPSA) is 123 Å². The molecular formula is C19H21N5O4. The number of rotatable bonds is 7. The molecule has 0 aliphatic heterocycles. The average Bonchev–Trinajstić information content (AvgIpc) is 2.67. The molecule has 2 rings (SSSR count). The number of hydrogen-bond donors (Lipinski definition) is 0. The minimum atomic E-state index is -0.511. The molecule has 0 atom stereocenters. The van der Waals surface area contributed by atoms with E-state index in [9.17, 15) is 20.2 Å². The van der Waals surface area contributed by atoms with E-state index in [0.717, 1.165) is 12.8 Å². The number of unbranched alkanes of at least 4 members (excludes halogenated alkanes) is 1. The summed E-state index contributed by atoms with van der Waals surface area (Å²) in [5.74, 6) is 0.210. The maximum Gasteiger partial charge on any atom is 0.271 e. The highest BCUT2D eigenvalue weighted by molar-refractivity contribution is 5.60. The van der Waals surface area contributed by atoms with Crippen LogP contribution in [0.3, 0.4) is 0 Å². The number of nitro groups is 1. The van der Waals surface area contributed by atoms with E-state index in [1.807, 2.05) is 13.0 Å². The van der Waals surface area contributed by atoms with Gasteiger partial charge in [-0.3, -0.25) is 19.5 Å². The minimum absolute atomic E-state index is 0.0263. The molecular weight excluding hydrogens is 362 g/mol. The van der Waals surface area contributed by atoms with Crippen molar-refractivity contribution in [2.75, 3.05) is 7.11 Å². The van der Waals surface area contributed by atoms with Gasteiger partial charge < -0.3 is 4.74 Å². The van der Waals surface area contributed by atoms with Crippen molar-refractivity contribution in [3.05, 3.63) is 55.4 Å². The first kappa shape index (κ1) is 20.8. The molecule has 0 fully saturated rings. The lowest BCUT2D eigenvalue weighted by Crippen LogP contribution is -2.25. The Morgan fingerprint density at radius 2 is 2.04 bits per heavy atom. The van der Waals surface area contributed by atoms with E-state index in [-0.39, 0.29) is 22.8 Å². The van der Waals surface area contributed by atoms with Crippen molar-refractivity contribution in [2.24, 2.45) is 10.2 Å². The standard InChI is InChI=1S/C19H21N5O4/c1-5-6-9-23-18(25)15(11-20)13(3)17(19(23)28-4)22-21-16-10-14(24(26)27)8-7-12(16)2/h7-8,10H,5-6,9H2,1-4H3. The summed E-state index contributed by atoms with van der Waals surface area (Å²) >= 11 is 0. The molecule has 0 unspecified atom stereocenters. The Kier molecular flexibility index (Phi) is 6.60. The molecule has 9 heteroatoms. The SMILES string of the molecule is CCCCn1c(OC)c(N=Nc2cc([N+](=O)[O-])ccc2C)c(C)c(C#N)c1=O. The Hall–Kier alpha value is -3.54. The fourth-order valence-corrected chi connectivity index (χ4v) is 2.69. The van der Waals surface area contributed by atoms with Gasteiger partial charge in [0.1, 0.15) is 11.6 Å². The highest BCUT2D eigenvalue weighted by Crippen LogP contribution is 2.34. The average molecular weight is 383 g/mol. The molecule has 146 valence electrons. The summed E-state index contributed by atoms with van der Waals surface area (Å²) in [6.07, 6.45) is 1.58. The van der Waals surface area contributed by atoms with E-state index in [1.165, 1.54) is 23.8 Å². The van der Waals surface area contributed by atoms with Gasteiger partial charge in [-0.1, -0.05) is 19.4 Å². The van der Waals surface area contributed by atoms with Crippen LogP contribution in [0.4, 0.5) is 17.1 Å². The molecule has 0 bridgehead atoms. The molecule has 1 aromatic heterocycles. The molecule has 0 spiro atoms. The summed E-state index contributed by atoms with van der Waals surface area (Å²) in [4.78, 5) is 23.1. The predicted molar refractivity (Wildman–Crippen MR) is 104 cm³/mol. The molecule has 0 N–H and O–H groups in total. The molecule has 0 aliphatic rings. The van der Waals surface area contributed by atoms with Gasteiger partial charge in [0.05, 0.1) is 17.7 Å². The van der Waals surface area contributed by atoms with Gasteiger partial charge in [-0.05, 0) is 25.8 Å². The number of nitrogens with zero attached hydrogens (tertiary/aromatic N) is 5. The molecule has 0 radical (unpaired) electrons. The van der Waals surface area contributed by atoms with Crippen LogP contribution >= 0.6 is 0 Å². The number of pyridine rings is 1. The van der Waals surface area contributed by atoms with Gasteiger partial charge in [0.2, 0.25) is 5.88 Å². The maximum absolute atomic E-state index is 12.6. The minimum Gasteiger partial charge on any atom is -0.481 e. The lowest BCUT2D eigenvalue weighted by molar-refractivity contribution is -0.384.